The molecule has 6 heteroatoms. The Morgan fingerprint density at radius 1 is 1.20 bits per heavy atom. The van der Waals surface area contributed by atoms with Crippen molar-refractivity contribution in [1.29, 1.82) is 0 Å². The van der Waals surface area contributed by atoms with E-state index in [1.54, 1.807) is 6.07 Å². The lowest BCUT2D eigenvalue weighted by molar-refractivity contribution is -0.132. The maximum atomic E-state index is 12.5. The number of hydrogen-bond donors (Lipinski definition) is 1. The van der Waals surface area contributed by atoms with E-state index in [1.165, 1.54) is 0 Å². The molecule has 1 amide bonds. The van der Waals surface area contributed by atoms with E-state index in [-0.39, 0.29) is 17.5 Å². The normalized spacial score (nSPS) is 12.5. The van der Waals surface area contributed by atoms with Crippen LogP contribution in [0.4, 0.5) is 0 Å². The number of aromatic amines is 1. The molecule has 2 aromatic rings. The molecule has 1 aromatic carbocycles. The van der Waals surface area contributed by atoms with Crippen LogP contribution in [0, 0.1) is 0 Å². The van der Waals surface area contributed by atoms with Crippen LogP contribution in [0.5, 0.6) is 0 Å². The zero-order valence-corrected chi connectivity index (χ0v) is 15.6. The zero-order chi connectivity index (χ0) is 18.4. The van der Waals surface area contributed by atoms with Crippen molar-refractivity contribution in [2.45, 2.75) is 46.7 Å². The van der Waals surface area contributed by atoms with Gasteiger partial charge in [0.1, 0.15) is 5.82 Å². The molecule has 0 aliphatic rings. The van der Waals surface area contributed by atoms with Crippen molar-refractivity contribution in [2.24, 2.45) is 0 Å². The Labute approximate surface area is 148 Å². The molecule has 0 radical (unpaired) electrons. The summed E-state index contributed by atoms with van der Waals surface area (Å²) in [7, 11) is 0. The fourth-order valence-corrected chi connectivity index (χ4v) is 2.88. The lowest BCUT2D eigenvalue weighted by Crippen LogP contribution is -2.43. The number of nitrogens with zero attached hydrogens (tertiary/aromatic N) is 3. The van der Waals surface area contributed by atoms with Crippen LogP contribution in [0.3, 0.4) is 0 Å². The number of aromatic nitrogens is 2. The quantitative estimate of drug-likeness (QED) is 0.798. The third kappa shape index (κ3) is 4.66. The van der Waals surface area contributed by atoms with Crippen molar-refractivity contribution < 1.29 is 4.79 Å². The summed E-state index contributed by atoms with van der Waals surface area (Å²) in [5.41, 5.74) is 0.542. The van der Waals surface area contributed by atoms with Crippen molar-refractivity contribution in [2.75, 3.05) is 19.6 Å². The van der Waals surface area contributed by atoms with E-state index < -0.39 is 0 Å². The summed E-state index contributed by atoms with van der Waals surface area (Å²) in [6, 6.07) is 7.52. The average Bonchev–Trinajstić information content (AvgIpc) is 2.61. The van der Waals surface area contributed by atoms with Gasteiger partial charge in [-0.3, -0.25) is 14.5 Å². The van der Waals surface area contributed by atoms with Crippen LogP contribution in [0.15, 0.2) is 29.1 Å². The molecule has 6 nitrogen and oxygen atoms in total. The van der Waals surface area contributed by atoms with Gasteiger partial charge in [0.05, 0.1) is 24.0 Å². The number of hydrogen-bond acceptors (Lipinski definition) is 4. The van der Waals surface area contributed by atoms with Crippen LogP contribution < -0.4 is 5.56 Å². The van der Waals surface area contributed by atoms with Crippen LogP contribution in [0.1, 0.15) is 39.9 Å². The number of para-hydroxylation sites is 1. The maximum absolute atomic E-state index is 12.5. The highest BCUT2D eigenvalue weighted by atomic mass is 16.2. The van der Waals surface area contributed by atoms with Crippen molar-refractivity contribution in [3.05, 3.63) is 40.4 Å². The summed E-state index contributed by atoms with van der Waals surface area (Å²) in [4.78, 5) is 36.1. The van der Waals surface area contributed by atoms with Crippen LogP contribution in [0.2, 0.25) is 0 Å². The molecule has 1 aromatic heterocycles. The second-order valence-electron chi connectivity index (χ2n) is 6.26. The predicted molar refractivity (Wildman–Crippen MR) is 100 cm³/mol. The van der Waals surface area contributed by atoms with Crippen LogP contribution in [-0.4, -0.2) is 51.4 Å². The number of carbonyl (C=O) groups excluding carboxylic acids is 1. The van der Waals surface area contributed by atoms with E-state index in [9.17, 15) is 9.59 Å². The van der Waals surface area contributed by atoms with E-state index in [2.05, 4.69) is 28.7 Å². The SMILES string of the molecule is CCC(C)N(CC(=O)N(CC)CC)Cc1nc2ccccc2c(=O)[nH]1. The molecular weight excluding hydrogens is 316 g/mol. The second-order valence-corrected chi connectivity index (χ2v) is 6.26. The van der Waals surface area contributed by atoms with Gasteiger partial charge >= 0.3 is 0 Å². The van der Waals surface area contributed by atoms with Gasteiger partial charge in [-0.05, 0) is 39.3 Å². The van der Waals surface area contributed by atoms with Gasteiger partial charge in [-0.25, -0.2) is 4.98 Å². The highest BCUT2D eigenvalue weighted by Crippen LogP contribution is 2.11. The number of likely N-dealkylation sites (N-methyl/N-ethyl adjacent to an activating group) is 1. The largest absolute Gasteiger partial charge is 0.342 e. The number of nitrogens with one attached hydrogen (secondary N) is 1. The molecule has 1 unspecified atom stereocenters. The summed E-state index contributed by atoms with van der Waals surface area (Å²) in [5.74, 6) is 0.699. The van der Waals surface area contributed by atoms with E-state index >= 15 is 0 Å². The number of carbonyl (C=O) groups is 1. The topological polar surface area (TPSA) is 69.3 Å². The first kappa shape index (κ1) is 19.1. The monoisotopic (exact) mass is 344 g/mol. The molecule has 1 heterocycles. The first-order valence-electron chi connectivity index (χ1n) is 8.99. The Hall–Kier alpha value is -2.21. The minimum atomic E-state index is -0.139. The smallest absolute Gasteiger partial charge is 0.258 e. The number of benzene rings is 1. The number of fused-ring (bicyclic) bond motifs is 1. The molecule has 0 fully saturated rings. The number of rotatable bonds is 8. The molecule has 0 spiro atoms. The van der Waals surface area contributed by atoms with E-state index in [0.29, 0.717) is 42.9 Å². The van der Waals surface area contributed by atoms with Gasteiger partial charge in [0.25, 0.3) is 5.56 Å². The lowest BCUT2D eigenvalue weighted by atomic mass is 10.2. The molecule has 0 aliphatic carbocycles. The molecule has 25 heavy (non-hydrogen) atoms. The number of amides is 1. The molecule has 0 aliphatic heterocycles. The van der Waals surface area contributed by atoms with Crippen molar-refractivity contribution in [1.82, 2.24) is 19.8 Å². The van der Waals surface area contributed by atoms with E-state index in [4.69, 9.17) is 0 Å². The minimum absolute atomic E-state index is 0.105. The molecule has 2 rings (SSSR count). The fourth-order valence-electron chi connectivity index (χ4n) is 2.88. The third-order valence-electron chi connectivity index (χ3n) is 4.68. The Morgan fingerprint density at radius 3 is 2.52 bits per heavy atom. The van der Waals surface area contributed by atoms with Crippen LogP contribution >= 0.6 is 0 Å². The van der Waals surface area contributed by atoms with Crippen LogP contribution in [-0.2, 0) is 11.3 Å². The maximum Gasteiger partial charge on any atom is 0.258 e. The summed E-state index contributed by atoms with van der Waals surface area (Å²) in [6.07, 6.45) is 0.920. The highest BCUT2D eigenvalue weighted by Gasteiger charge is 2.20. The van der Waals surface area contributed by atoms with Gasteiger partial charge < -0.3 is 9.88 Å². The molecular formula is C19H28N4O2. The molecule has 0 saturated heterocycles. The van der Waals surface area contributed by atoms with Crippen molar-refractivity contribution >= 4 is 16.8 Å². The third-order valence-corrected chi connectivity index (χ3v) is 4.68. The Balaban J connectivity index is 2.25. The summed E-state index contributed by atoms with van der Waals surface area (Å²) in [6.45, 7) is 10.3. The standard InChI is InChI=1S/C19H28N4O2/c1-5-14(4)23(13-18(24)22(6-2)7-3)12-17-20-16-11-9-8-10-15(16)19(25)21-17/h8-11,14H,5-7,12-13H2,1-4H3,(H,20,21,25). The average molecular weight is 344 g/mol. The van der Waals surface area contributed by atoms with Gasteiger partial charge in [0.2, 0.25) is 5.91 Å². The molecule has 136 valence electrons. The van der Waals surface area contributed by atoms with Crippen molar-refractivity contribution in [3.8, 4) is 0 Å². The van der Waals surface area contributed by atoms with Gasteiger partial charge in [-0.2, -0.15) is 0 Å². The first-order chi connectivity index (χ1) is 12.0. The zero-order valence-electron chi connectivity index (χ0n) is 15.6. The predicted octanol–water partition coefficient (Wildman–Crippen LogP) is 2.39. The van der Waals surface area contributed by atoms with Gasteiger partial charge in [0, 0.05) is 19.1 Å². The highest BCUT2D eigenvalue weighted by molar-refractivity contribution is 5.78. The van der Waals surface area contributed by atoms with Gasteiger partial charge in [-0.1, -0.05) is 19.1 Å². The second kappa shape index (κ2) is 8.76. The summed E-state index contributed by atoms with van der Waals surface area (Å²) >= 11 is 0. The molecule has 1 atom stereocenters. The fraction of sp³-hybridized carbons (Fsp3) is 0.526. The van der Waals surface area contributed by atoms with E-state index in [1.807, 2.05) is 36.9 Å². The number of H-pyrrole nitrogens is 1. The Morgan fingerprint density at radius 2 is 1.88 bits per heavy atom. The Bertz CT molecular complexity index is 767. The van der Waals surface area contributed by atoms with Gasteiger partial charge in [-0.15, -0.1) is 0 Å². The van der Waals surface area contributed by atoms with Gasteiger partial charge in [0.15, 0.2) is 0 Å². The molecule has 0 saturated carbocycles. The minimum Gasteiger partial charge on any atom is -0.342 e. The first-order valence-corrected chi connectivity index (χ1v) is 8.99. The molecule has 1 N–H and O–H groups in total. The lowest BCUT2D eigenvalue weighted by Gasteiger charge is -2.29. The van der Waals surface area contributed by atoms with Crippen LogP contribution in [0.25, 0.3) is 10.9 Å². The van der Waals surface area contributed by atoms with E-state index in [0.717, 1.165) is 6.42 Å². The summed E-state index contributed by atoms with van der Waals surface area (Å²) in [5, 5.41) is 0.584. The Kier molecular flexibility index (Phi) is 6.70. The molecule has 0 bridgehead atoms. The summed E-state index contributed by atoms with van der Waals surface area (Å²) < 4.78 is 0. The van der Waals surface area contributed by atoms with Crippen molar-refractivity contribution in [3.63, 3.8) is 0 Å².